The molecule has 1 heterocycles. The summed E-state index contributed by atoms with van der Waals surface area (Å²) in [6.45, 7) is 2.41. The fourth-order valence-electron chi connectivity index (χ4n) is 2.34. The number of benzene rings is 2. The molecular formula is C20H19N3O4. The lowest BCUT2D eigenvalue weighted by Gasteiger charge is -2.06. The molecule has 1 amide bonds. The van der Waals surface area contributed by atoms with E-state index >= 15 is 0 Å². The first kappa shape index (κ1) is 18.2. The maximum Gasteiger partial charge on any atom is 0.322 e. The Labute approximate surface area is 156 Å². The number of anilines is 1. The molecule has 0 saturated carbocycles. The van der Waals surface area contributed by atoms with E-state index in [1.54, 1.807) is 13.2 Å². The molecule has 0 fully saturated rings. The van der Waals surface area contributed by atoms with Crippen LogP contribution in [0.1, 0.15) is 12.5 Å². The number of rotatable bonds is 7. The first-order valence-electron chi connectivity index (χ1n) is 8.38. The van der Waals surface area contributed by atoms with Gasteiger partial charge in [0.25, 0.3) is 11.8 Å². The molecule has 0 spiro atoms. The van der Waals surface area contributed by atoms with Crippen LogP contribution in [0, 0.1) is 0 Å². The summed E-state index contributed by atoms with van der Waals surface area (Å²) in [4.78, 5) is 12.0. The van der Waals surface area contributed by atoms with E-state index in [9.17, 15) is 4.79 Å². The van der Waals surface area contributed by atoms with Crippen LogP contribution in [0.3, 0.4) is 0 Å². The van der Waals surface area contributed by atoms with E-state index in [4.69, 9.17) is 13.9 Å². The van der Waals surface area contributed by atoms with Crippen LogP contribution < -0.4 is 14.8 Å². The lowest BCUT2D eigenvalue weighted by atomic mass is 10.2. The minimum Gasteiger partial charge on any atom is -0.497 e. The van der Waals surface area contributed by atoms with Crippen molar-refractivity contribution < 1.29 is 18.7 Å². The second-order valence-corrected chi connectivity index (χ2v) is 5.44. The predicted octanol–water partition coefficient (Wildman–Crippen LogP) is 3.80. The average molecular weight is 365 g/mol. The Morgan fingerprint density at radius 1 is 1.15 bits per heavy atom. The molecule has 0 aliphatic carbocycles. The fraction of sp³-hybridized carbons (Fsp3) is 0.150. The molecule has 0 aliphatic heterocycles. The normalized spacial score (nSPS) is 10.7. The van der Waals surface area contributed by atoms with Crippen molar-refractivity contribution in [3.8, 4) is 23.0 Å². The minimum atomic E-state index is -0.376. The zero-order valence-electron chi connectivity index (χ0n) is 15.0. The van der Waals surface area contributed by atoms with Gasteiger partial charge in [0.2, 0.25) is 0 Å². The van der Waals surface area contributed by atoms with Crippen LogP contribution in [0.5, 0.6) is 11.5 Å². The Kier molecular flexibility index (Phi) is 5.84. The van der Waals surface area contributed by atoms with Crippen LogP contribution in [-0.2, 0) is 4.79 Å². The molecule has 0 saturated heterocycles. The molecule has 0 aliphatic rings. The predicted molar refractivity (Wildman–Crippen MR) is 102 cm³/mol. The van der Waals surface area contributed by atoms with Crippen molar-refractivity contribution in [3.63, 3.8) is 0 Å². The number of methoxy groups -OCH3 is 1. The van der Waals surface area contributed by atoms with Crippen LogP contribution >= 0.6 is 0 Å². The molecule has 0 bridgehead atoms. The van der Waals surface area contributed by atoms with Crippen LogP contribution in [-0.4, -0.2) is 29.8 Å². The molecule has 2 aromatic carbocycles. The number of aromatic nitrogens is 2. The lowest BCUT2D eigenvalue weighted by Crippen LogP contribution is -2.07. The van der Waals surface area contributed by atoms with E-state index in [1.807, 2.05) is 55.5 Å². The Hall–Kier alpha value is -3.61. The molecule has 0 radical (unpaired) electrons. The monoisotopic (exact) mass is 365 g/mol. The van der Waals surface area contributed by atoms with E-state index in [0.29, 0.717) is 17.9 Å². The molecule has 27 heavy (non-hydrogen) atoms. The van der Waals surface area contributed by atoms with Crippen LogP contribution in [0.15, 0.2) is 59.0 Å². The van der Waals surface area contributed by atoms with Crippen LogP contribution in [0.25, 0.3) is 17.5 Å². The van der Waals surface area contributed by atoms with Gasteiger partial charge < -0.3 is 13.9 Å². The van der Waals surface area contributed by atoms with Crippen molar-refractivity contribution in [3.05, 3.63) is 60.2 Å². The van der Waals surface area contributed by atoms with Crippen molar-refractivity contribution in [1.82, 2.24) is 10.2 Å². The highest BCUT2D eigenvalue weighted by Gasteiger charge is 2.14. The molecule has 138 valence electrons. The van der Waals surface area contributed by atoms with Gasteiger partial charge in [-0.15, -0.1) is 5.10 Å². The number of nitrogens with one attached hydrogen (secondary N) is 1. The first-order chi connectivity index (χ1) is 13.2. The number of ether oxygens (including phenoxy) is 2. The third-order valence-electron chi connectivity index (χ3n) is 3.62. The van der Waals surface area contributed by atoms with Gasteiger partial charge in [0, 0.05) is 6.08 Å². The highest BCUT2D eigenvalue weighted by molar-refractivity contribution is 6.00. The van der Waals surface area contributed by atoms with E-state index < -0.39 is 0 Å². The first-order valence-corrected chi connectivity index (χ1v) is 8.38. The molecule has 3 rings (SSSR count). The van der Waals surface area contributed by atoms with Crippen LogP contribution in [0.4, 0.5) is 6.01 Å². The zero-order valence-corrected chi connectivity index (χ0v) is 15.0. The SMILES string of the molecule is CCOc1ccccc1-c1nnc(NC(=O)/C=C/c2ccc(OC)cc2)o1. The van der Waals surface area contributed by atoms with Crippen molar-refractivity contribution in [1.29, 1.82) is 0 Å². The smallest absolute Gasteiger partial charge is 0.322 e. The number of hydrogen-bond donors (Lipinski definition) is 1. The van der Waals surface area contributed by atoms with Crippen molar-refractivity contribution in [2.75, 3.05) is 19.0 Å². The number of para-hydroxylation sites is 1. The average Bonchev–Trinajstić information content (AvgIpc) is 3.15. The standard InChI is InChI=1S/C20H19N3O4/c1-3-26-17-7-5-4-6-16(17)19-22-23-20(27-19)21-18(24)13-10-14-8-11-15(25-2)12-9-14/h4-13H,3H2,1-2H3,(H,21,23,24)/b13-10+. The number of nitrogens with zero attached hydrogens (tertiary/aromatic N) is 2. The molecule has 3 aromatic rings. The summed E-state index contributed by atoms with van der Waals surface area (Å²) in [6, 6.07) is 14.7. The summed E-state index contributed by atoms with van der Waals surface area (Å²) in [5.74, 6) is 1.29. The van der Waals surface area contributed by atoms with Crippen molar-refractivity contribution in [2.45, 2.75) is 6.92 Å². The molecule has 7 nitrogen and oxygen atoms in total. The maximum atomic E-state index is 12.0. The van der Waals surface area contributed by atoms with Gasteiger partial charge in [0.15, 0.2) is 0 Å². The highest BCUT2D eigenvalue weighted by Crippen LogP contribution is 2.29. The van der Waals surface area contributed by atoms with E-state index in [0.717, 1.165) is 11.3 Å². The van der Waals surface area contributed by atoms with Gasteiger partial charge in [0.05, 0.1) is 19.3 Å². The van der Waals surface area contributed by atoms with E-state index in [1.165, 1.54) is 6.08 Å². The summed E-state index contributed by atoms with van der Waals surface area (Å²) in [6.07, 6.45) is 3.07. The Morgan fingerprint density at radius 2 is 1.93 bits per heavy atom. The molecular weight excluding hydrogens is 346 g/mol. The van der Waals surface area contributed by atoms with Crippen molar-refractivity contribution >= 4 is 18.0 Å². The summed E-state index contributed by atoms with van der Waals surface area (Å²) in [5, 5.41) is 10.4. The number of amides is 1. The molecule has 0 atom stereocenters. The summed E-state index contributed by atoms with van der Waals surface area (Å²) in [7, 11) is 1.60. The summed E-state index contributed by atoms with van der Waals surface area (Å²) >= 11 is 0. The quantitative estimate of drug-likeness (QED) is 0.641. The molecule has 1 N–H and O–H groups in total. The molecule has 7 heteroatoms. The Balaban J connectivity index is 1.66. The zero-order chi connectivity index (χ0) is 19.1. The largest absolute Gasteiger partial charge is 0.497 e. The van der Waals surface area contributed by atoms with Gasteiger partial charge in [-0.25, -0.2) is 0 Å². The molecule has 0 unspecified atom stereocenters. The van der Waals surface area contributed by atoms with Gasteiger partial charge >= 0.3 is 6.01 Å². The van der Waals surface area contributed by atoms with E-state index in [-0.39, 0.29) is 17.8 Å². The lowest BCUT2D eigenvalue weighted by molar-refractivity contribution is -0.112. The minimum absolute atomic E-state index is 0.0145. The third-order valence-corrected chi connectivity index (χ3v) is 3.62. The topological polar surface area (TPSA) is 86.5 Å². The number of hydrogen-bond acceptors (Lipinski definition) is 6. The van der Waals surface area contributed by atoms with Crippen molar-refractivity contribution in [2.24, 2.45) is 0 Å². The van der Waals surface area contributed by atoms with Gasteiger partial charge in [0.1, 0.15) is 11.5 Å². The van der Waals surface area contributed by atoms with Crippen LogP contribution in [0.2, 0.25) is 0 Å². The molecule has 1 aromatic heterocycles. The third kappa shape index (κ3) is 4.72. The summed E-state index contributed by atoms with van der Waals surface area (Å²) < 4.78 is 16.2. The number of carbonyl (C=O) groups is 1. The second kappa shape index (κ2) is 8.66. The highest BCUT2D eigenvalue weighted by atomic mass is 16.5. The summed E-state index contributed by atoms with van der Waals surface area (Å²) in [5.41, 5.74) is 1.53. The van der Waals surface area contributed by atoms with Gasteiger partial charge in [-0.2, -0.15) is 0 Å². The fourth-order valence-corrected chi connectivity index (χ4v) is 2.34. The van der Waals surface area contributed by atoms with Gasteiger partial charge in [-0.3, -0.25) is 10.1 Å². The Morgan fingerprint density at radius 3 is 2.67 bits per heavy atom. The second-order valence-electron chi connectivity index (χ2n) is 5.44. The number of carbonyl (C=O) groups excluding carboxylic acids is 1. The van der Waals surface area contributed by atoms with Gasteiger partial charge in [-0.05, 0) is 42.8 Å². The maximum absolute atomic E-state index is 12.0. The Bertz CT molecular complexity index is 932. The van der Waals surface area contributed by atoms with Gasteiger partial charge in [-0.1, -0.05) is 29.4 Å². The van der Waals surface area contributed by atoms with E-state index in [2.05, 4.69) is 15.5 Å².